The van der Waals surface area contributed by atoms with Gasteiger partial charge in [-0.25, -0.2) is 0 Å². The standard InChI is InChI=1S/C11H12ClN3O/c1-2-15-10(7-16)13-14-11(15)8-3-5-9(12)6-4-8/h3-6,16H,2,7H2,1H3. The molecular weight excluding hydrogens is 226 g/mol. The van der Waals surface area contributed by atoms with Gasteiger partial charge < -0.3 is 9.67 Å². The summed E-state index contributed by atoms with van der Waals surface area (Å²) in [6, 6.07) is 7.40. The first-order valence-electron chi connectivity index (χ1n) is 5.05. The van der Waals surface area contributed by atoms with Crippen LogP contribution in [0, 0.1) is 0 Å². The molecule has 0 bridgehead atoms. The van der Waals surface area contributed by atoms with E-state index in [0.717, 1.165) is 17.9 Å². The predicted molar refractivity (Wildman–Crippen MR) is 62.1 cm³/mol. The van der Waals surface area contributed by atoms with Gasteiger partial charge in [-0.3, -0.25) is 0 Å². The molecule has 0 radical (unpaired) electrons. The molecule has 0 saturated carbocycles. The van der Waals surface area contributed by atoms with Gasteiger partial charge in [-0.1, -0.05) is 11.6 Å². The lowest BCUT2D eigenvalue weighted by molar-refractivity contribution is 0.265. The molecule has 2 aromatic rings. The fourth-order valence-corrected chi connectivity index (χ4v) is 1.72. The first-order chi connectivity index (χ1) is 7.76. The minimum Gasteiger partial charge on any atom is -0.388 e. The number of nitrogens with zero attached hydrogens (tertiary/aromatic N) is 3. The molecule has 0 aliphatic carbocycles. The van der Waals surface area contributed by atoms with Crippen LogP contribution < -0.4 is 0 Å². The average molecular weight is 238 g/mol. The molecule has 16 heavy (non-hydrogen) atoms. The summed E-state index contributed by atoms with van der Waals surface area (Å²) in [5.41, 5.74) is 0.943. The fourth-order valence-electron chi connectivity index (χ4n) is 1.60. The van der Waals surface area contributed by atoms with E-state index in [-0.39, 0.29) is 6.61 Å². The van der Waals surface area contributed by atoms with Crippen LogP contribution >= 0.6 is 11.6 Å². The first-order valence-corrected chi connectivity index (χ1v) is 5.43. The monoisotopic (exact) mass is 237 g/mol. The number of halogens is 1. The van der Waals surface area contributed by atoms with Crippen LogP contribution in [0.4, 0.5) is 0 Å². The van der Waals surface area contributed by atoms with Crippen LogP contribution in [0.5, 0.6) is 0 Å². The number of rotatable bonds is 3. The summed E-state index contributed by atoms with van der Waals surface area (Å²) < 4.78 is 1.88. The van der Waals surface area contributed by atoms with E-state index in [0.29, 0.717) is 10.8 Å². The van der Waals surface area contributed by atoms with E-state index in [1.165, 1.54) is 0 Å². The van der Waals surface area contributed by atoms with Gasteiger partial charge in [0.05, 0.1) is 0 Å². The number of aliphatic hydroxyl groups excluding tert-OH is 1. The minimum absolute atomic E-state index is 0.103. The van der Waals surface area contributed by atoms with Gasteiger partial charge in [-0.2, -0.15) is 0 Å². The molecule has 4 nitrogen and oxygen atoms in total. The lowest BCUT2D eigenvalue weighted by atomic mass is 10.2. The second-order valence-electron chi connectivity index (χ2n) is 3.35. The minimum atomic E-state index is -0.103. The Morgan fingerprint density at radius 3 is 2.50 bits per heavy atom. The molecule has 0 aliphatic heterocycles. The molecule has 0 spiro atoms. The van der Waals surface area contributed by atoms with Crippen LogP contribution in [0.25, 0.3) is 11.4 Å². The van der Waals surface area contributed by atoms with Gasteiger partial charge in [0, 0.05) is 17.1 Å². The largest absolute Gasteiger partial charge is 0.388 e. The smallest absolute Gasteiger partial charge is 0.164 e. The second kappa shape index (κ2) is 4.63. The van der Waals surface area contributed by atoms with E-state index in [9.17, 15) is 0 Å². The summed E-state index contributed by atoms with van der Waals surface area (Å²) in [5, 5.41) is 17.8. The molecule has 0 amide bonds. The molecule has 5 heteroatoms. The lowest BCUT2D eigenvalue weighted by Gasteiger charge is -2.05. The van der Waals surface area contributed by atoms with Crippen molar-refractivity contribution in [1.29, 1.82) is 0 Å². The van der Waals surface area contributed by atoms with Crippen LogP contribution in [0.2, 0.25) is 5.02 Å². The molecular formula is C11H12ClN3O. The van der Waals surface area contributed by atoms with E-state index in [4.69, 9.17) is 16.7 Å². The van der Waals surface area contributed by atoms with Crippen LogP contribution in [-0.2, 0) is 13.2 Å². The first kappa shape index (κ1) is 11.1. The van der Waals surface area contributed by atoms with Crippen molar-refractivity contribution in [2.45, 2.75) is 20.1 Å². The summed E-state index contributed by atoms with van der Waals surface area (Å²) in [6.45, 7) is 2.61. The number of aromatic nitrogens is 3. The summed E-state index contributed by atoms with van der Waals surface area (Å²) >= 11 is 5.82. The predicted octanol–water partition coefficient (Wildman–Crippen LogP) is 2.11. The Bertz CT molecular complexity index is 478. The van der Waals surface area contributed by atoms with Gasteiger partial charge >= 0.3 is 0 Å². The van der Waals surface area contributed by atoms with Crippen molar-refractivity contribution in [3.8, 4) is 11.4 Å². The highest BCUT2D eigenvalue weighted by Gasteiger charge is 2.11. The highest BCUT2D eigenvalue weighted by atomic mass is 35.5. The van der Waals surface area contributed by atoms with E-state index < -0.39 is 0 Å². The van der Waals surface area contributed by atoms with Crippen LogP contribution in [0.15, 0.2) is 24.3 Å². The summed E-state index contributed by atoms with van der Waals surface area (Å²) in [7, 11) is 0. The molecule has 0 unspecified atom stereocenters. The van der Waals surface area contributed by atoms with E-state index in [1.807, 2.05) is 35.8 Å². The number of benzene rings is 1. The highest BCUT2D eigenvalue weighted by Crippen LogP contribution is 2.20. The Morgan fingerprint density at radius 1 is 1.25 bits per heavy atom. The van der Waals surface area contributed by atoms with Gasteiger partial charge in [-0.05, 0) is 31.2 Å². The molecule has 2 rings (SSSR count). The maximum Gasteiger partial charge on any atom is 0.164 e. The van der Waals surface area contributed by atoms with Crippen molar-refractivity contribution < 1.29 is 5.11 Å². The van der Waals surface area contributed by atoms with Gasteiger partial charge in [0.1, 0.15) is 6.61 Å². The molecule has 84 valence electrons. The second-order valence-corrected chi connectivity index (χ2v) is 3.79. The molecule has 0 aliphatic rings. The van der Waals surface area contributed by atoms with Crippen molar-refractivity contribution >= 4 is 11.6 Å². The maximum atomic E-state index is 9.11. The molecule has 1 N–H and O–H groups in total. The third-order valence-electron chi connectivity index (χ3n) is 2.39. The van der Waals surface area contributed by atoms with E-state index in [2.05, 4.69) is 10.2 Å². The zero-order chi connectivity index (χ0) is 11.5. The third-order valence-corrected chi connectivity index (χ3v) is 2.64. The highest BCUT2D eigenvalue weighted by molar-refractivity contribution is 6.30. The topological polar surface area (TPSA) is 50.9 Å². The third kappa shape index (κ3) is 1.94. The van der Waals surface area contributed by atoms with Crippen molar-refractivity contribution in [1.82, 2.24) is 14.8 Å². The van der Waals surface area contributed by atoms with E-state index in [1.54, 1.807) is 0 Å². The Balaban J connectivity index is 2.47. The van der Waals surface area contributed by atoms with Crippen LogP contribution in [-0.4, -0.2) is 19.9 Å². The Kier molecular flexibility index (Phi) is 3.22. The average Bonchev–Trinajstić information content (AvgIpc) is 2.72. The molecule has 1 aromatic heterocycles. The normalized spacial score (nSPS) is 10.7. The molecule has 1 heterocycles. The Labute approximate surface area is 98.5 Å². The lowest BCUT2D eigenvalue weighted by Crippen LogP contribution is -2.03. The fraction of sp³-hybridized carbons (Fsp3) is 0.273. The van der Waals surface area contributed by atoms with Crippen molar-refractivity contribution in [2.24, 2.45) is 0 Å². The summed E-state index contributed by atoms with van der Waals surface area (Å²) in [6.07, 6.45) is 0. The zero-order valence-corrected chi connectivity index (χ0v) is 9.65. The number of aliphatic hydroxyl groups is 1. The van der Waals surface area contributed by atoms with Gasteiger partial charge in [0.25, 0.3) is 0 Å². The number of hydrogen-bond donors (Lipinski definition) is 1. The Hall–Kier alpha value is -1.39. The van der Waals surface area contributed by atoms with Gasteiger partial charge in [0.15, 0.2) is 11.6 Å². The molecule has 1 aromatic carbocycles. The summed E-state index contributed by atoms with van der Waals surface area (Å²) in [5.74, 6) is 1.33. The molecule has 0 fully saturated rings. The zero-order valence-electron chi connectivity index (χ0n) is 8.89. The number of hydrogen-bond acceptors (Lipinski definition) is 3. The van der Waals surface area contributed by atoms with Crippen molar-refractivity contribution in [2.75, 3.05) is 0 Å². The van der Waals surface area contributed by atoms with Crippen molar-refractivity contribution in [3.05, 3.63) is 35.1 Å². The van der Waals surface area contributed by atoms with Crippen LogP contribution in [0.3, 0.4) is 0 Å². The maximum absolute atomic E-state index is 9.11. The van der Waals surface area contributed by atoms with Gasteiger partial charge in [-0.15, -0.1) is 10.2 Å². The Morgan fingerprint density at radius 2 is 1.94 bits per heavy atom. The molecule has 0 atom stereocenters. The molecule has 0 saturated heterocycles. The van der Waals surface area contributed by atoms with Crippen LogP contribution in [0.1, 0.15) is 12.7 Å². The van der Waals surface area contributed by atoms with E-state index >= 15 is 0 Å². The van der Waals surface area contributed by atoms with Crippen molar-refractivity contribution in [3.63, 3.8) is 0 Å². The summed E-state index contributed by atoms with van der Waals surface area (Å²) in [4.78, 5) is 0. The SMILES string of the molecule is CCn1c(CO)nnc1-c1ccc(Cl)cc1. The quantitative estimate of drug-likeness (QED) is 0.890. The van der Waals surface area contributed by atoms with Gasteiger partial charge in [0.2, 0.25) is 0 Å².